The molecule has 2 aromatic heterocycles. The van der Waals surface area contributed by atoms with E-state index in [9.17, 15) is 4.91 Å². The standard InChI is InChI=1S/C14H11N3O/c18-17-14(10-4-2-1-3-5-10)12-8-11-6-7-15-9-13(11)16-12/h1-9,14,16H. The Hall–Kier alpha value is -2.49. The van der Waals surface area contributed by atoms with Crippen LogP contribution in [0.2, 0.25) is 0 Å². The van der Waals surface area contributed by atoms with Crippen molar-refractivity contribution in [3.63, 3.8) is 0 Å². The summed E-state index contributed by atoms with van der Waals surface area (Å²) in [4.78, 5) is 18.3. The molecule has 0 aliphatic heterocycles. The summed E-state index contributed by atoms with van der Waals surface area (Å²) in [6.07, 6.45) is 3.47. The minimum Gasteiger partial charge on any atom is -0.355 e. The molecule has 0 saturated heterocycles. The lowest BCUT2D eigenvalue weighted by Gasteiger charge is -2.06. The van der Waals surface area contributed by atoms with Crippen molar-refractivity contribution in [2.24, 2.45) is 5.18 Å². The summed E-state index contributed by atoms with van der Waals surface area (Å²) >= 11 is 0. The van der Waals surface area contributed by atoms with Crippen molar-refractivity contribution in [3.8, 4) is 0 Å². The second-order valence-corrected chi connectivity index (χ2v) is 4.11. The molecule has 2 heterocycles. The molecule has 0 bridgehead atoms. The van der Waals surface area contributed by atoms with E-state index in [0.29, 0.717) is 0 Å². The van der Waals surface area contributed by atoms with Gasteiger partial charge < -0.3 is 4.98 Å². The first-order chi connectivity index (χ1) is 8.88. The molecule has 0 spiro atoms. The average molecular weight is 237 g/mol. The third-order valence-electron chi connectivity index (χ3n) is 2.96. The molecule has 0 amide bonds. The minimum absolute atomic E-state index is 0.501. The molecule has 4 heteroatoms. The summed E-state index contributed by atoms with van der Waals surface area (Å²) in [5, 5.41) is 4.25. The molecule has 18 heavy (non-hydrogen) atoms. The first-order valence-corrected chi connectivity index (χ1v) is 5.68. The number of aromatic nitrogens is 2. The van der Waals surface area contributed by atoms with Gasteiger partial charge in [-0.05, 0) is 17.7 Å². The van der Waals surface area contributed by atoms with Crippen molar-refractivity contribution in [2.45, 2.75) is 6.04 Å². The predicted molar refractivity (Wildman–Crippen MR) is 70.2 cm³/mol. The Labute approximate surface area is 104 Å². The minimum atomic E-state index is -0.501. The lowest BCUT2D eigenvalue weighted by atomic mass is 10.1. The average Bonchev–Trinajstić information content (AvgIpc) is 2.84. The van der Waals surface area contributed by atoms with Crippen LogP contribution in [0.3, 0.4) is 0 Å². The molecular weight excluding hydrogens is 226 g/mol. The highest BCUT2D eigenvalue weighted by molar-refractivity contribution is 5.79. The number of aromatic amines is 1. The maximum Gasteiger partial charge on any atom is 0.157 e. The van der Waals surface area contributed by atoms with E-state index in [2.05, 4.69) is 15.1 Å². The Morgan fingerprint density at radius 1 is 1.17 bits per heavy atom. The SMILES string of the molecule is O=NC(c1ccccc1)c1cc2ccncc2[nH]1. The second-order valence-electron chi connectivity index (χ2n) is 4.11. The fourth-order valence-electron chi connectivity index (χ4n) is 2.07. The monoisotopic (exact) mass is 237 g/mol. The van der Waals surface area contributed by atoms with Crippen LogP contribution in [0, 0.1) is 4.91 Å². The molecule has 3 rings (SSSR count). The zero-order chi connectivity index (χ0) is 12.4. The van der Waals surface area contributed by atoms with E-state index < -0.39 is 6.04 Å². The lowest BCUT2D eigenvalue weighted by Crippen LogP contribution is -1.96. The van der Waals surface area contributed by atoms with Gasteiger partial charge in [-0.1, -0.05) is 35.5 Å². The van der Waals surface area contributed by atoms with Crippen molar-refractivity contribution in [2.75, 3.05) is 0 Å². The Morgan fingerprint density at radius 2 is 2.00 bits per heavy atom. The van der Waals surface area contributed by atoms with Crippen LogP contribution >= 0.6 is 0 Å². The summed E-state index contributed by atoms with van der Waals surface area (Å²) < 4.78 is 0. The zero-order valence-electron chi connectivity index (χ0n) is 9.58. The quantitative estimate of drug-likeness (QED) is 0.709. The second kappa shape index (κ2) is 4.41. The number of hydrogen-bond acceptors (Lipinski definition) is 3. The molecule has 1 aromatic carbocycles. The van der Waals surface area contributed by atoms with Crippen LogP contribution in [0.4, 0.5) is 0 Å². The number of nitroso groups, excluding NO2 is 1. The number of hydrogen-bond donors (Lipinski definition) is 1. The van der Waals surface area contributed by atoms with Crippen LogP contribution in [-0.4, -0.2) is 9.97 Å². The molecule has 0 aliphatic carbocycles. The maximum absolute atomic E-state index is 11.1. The first kappa shape index (κ1) is 10.7. The van der Waals surface area contributed by atoms with Gasteiger partial charge in [-0.15, -0.1) is 4.91 Å². The van der Waals surface area contributed by atoms with Crippen LogP contribution in [0.5, 0.6) is 0 Å². The predicted octanol–water partition coefficient (Wildman–Crippen LogP) is 3.42. The van der Waals surface area contributed by atoms with Gasteiger partial charge in [0.05, 0.1) is 11.7 Å². The van der Waals surface area contributed by atoms with Crippen LogP contribution in [0.25, 0.3) is 10.9 Å². The van der Waals surface area contributed by atoms with Gasteiger partial charge in [-0.25, -0.2) is 0 Å². The fraction of sp³-hybridized carbons (Fsp3) is 0.0714. The third kappa shape index (κ3) is 1.78. The van der Waals surface area contributed by atoms with Gasteiger partial charge in [0.15, 0.2) is 6.04 Å². The van der Waals surface area contributed by atoms with E-state index in [1.54, 1.807) is 12.4 Å². The van der Waals surface area contributed by atoms with Crippen molar-refractivity contribution >= 4 is 10.9 Å². The lowest BCUT2D eigenvalue weighted by molar-refractivity contribution is 0.835. The van der Waals surface area contributed by atoms with E-state index in [1.807, 2.05) is 42.5 Å². The number of H-pyrrole nitrogens is 1. The first-order valence-electron chi connectivity index (χ1n) is 5.68. The number of nitrogens with zero attached hydrogens (tertiary/aromatic N) is 2. The van der Waals surface area contributed by atoms with Crippen LogP contribution in [0.15, 0.2) is 60.0 Å². The molecule has 0 saturated carbocycles. The summed E-state index contributed by atoms with van der Waals surface area (Å²) in [6, 6.07) is 12.9. The van der Waals surface area contributed by atoms with Crippen LogP contribution in [-0.2, 0) is 0 Å². The smallest absolute Gasteiger partial charge is 0.157 e. The topological polar surface area (TPSA) is 58.1 Å². The number of nitrogens with one attached hydrogen (secondary N) is 1. The highest BCUT2D eigenvalue weighted by Gasteiger charge is 2.16. The van der Waals surface area contributed by atoms with Crippen LogP contribution in [0.1, 0.15) is 17.3 Å². The van der Waals surface area contributed by atoms with Gasteiger partial charge in [0.25, 0.3) is 0 Å². The van der Waals surface area contributed by atoms with E-state index >= 15 is 0 Å². The Balaban J connectivity index is 2.09. The van der Waals surface area contributed by atoms with Gasteiger partial charge in [-0.2, -0.15) is 0 Å². The van der Waals surface area contributed by atoms with Gasteiger partial charge in [-0.3, -0.25) is 4.98 Å². The number of benzene rings is 1. The fourth-order valence-corrected chi connectivity index (χ4v) is 2.07. The molecule has 0 fully saturated rings. The van der Waals surface area contributed by atoms with Gasteiger partial charge in [0.1, 0.15) is 0 Å². The van der Waals surface area contributed by atoms with Gasteiger partial charge in [0, 0.05) is 17.3 Å². The van der Waals surface area contributed by atoms with E-state index in [0.717, 1.165) is 22.2 Å². The van der Waals surface area contributed by atoms with Gasteiger partial charge >= 0.3 is 0 Å². The van der Waals surface area contributed by atoms with Crippen molar-refractivity contribution < 1.29 is 0 Å². The van der Waals surface area contributed by atoms with Crippen molar-refractivity contribution in [1.82, 2.24) is 9.97 Å². The summed E-state index contributed by atoms with van der Waals surface area (Å²) in [7, 11) is 0. The molecular formula is C14H11N3O. The third-order valence-corrected chi connectivity index (χ3v) is 2.96. The molecule has 4 nitrogen and oxygen atoms in total. The summed E-state index contributed by atoms with van der Waals surface area (Å²) in [5.74, 6) is 0. The molecule has 1 atom stereocenters. The highest BCUT2D eigenvalue weighted by atomic mass is 16.3. The normalized spacial score (nSPS) is 12.4. The molecule has 0 aliphatic rings. The van der Waals surface area contributed by atoms with E-state index in [4.69, 9.17) is 0 Å². The molecule has 1 N–H and O–H groups in total. The number of fused-ring (bicyclic) bond motifs is 1. The number of pyridine rings is 1. The Kier molecular flexibility index (Phi) is 2.61. The molecule has 1 unspecified atom stereocenters. The maximum atomic E-state index is 11.1. The highest BCUT2D eigenvalue weighted by Crippen LogP contribution is 2.27. The van der Waals surface area contributed by atoms with Crippen molar-refractivity contribution in [3.05, 3.63) is 71.0 Å². The summed E-state index contributed by atoms with van der Waals surface area (Å²) in [5.41, 5.74) is 2.59. The molecule has 3 aromatic rings. The zero-order valence-corrected chi connectivity index (χ0v) is 9.58. The Bertz CT molecular complexity index is 643. The largest absolute Gasteiger partial charge is 0.355 e. The van der Waals surface area contributed by atoms with Crippen LogP contribution < -0.4 is 0 Å². The van der Waals surface area contributed by atoms with Gasteiger partial charge in [0.2, 0.25) is 0 Å². The molecule has 88 valence electrons. The Morgan fingerprint density at radius 3 is 2.72 bits per heavy atom. The summed E-state index contributed by atoms with van der Waals surface area (Å²) in [6.45, 7) is 0. The van der Waals surface area contributed by atoms with Crippen molar-refractivity contribution in [1.29, 1.82) is 0 Å². The van der Waals surface area contributed by atoms with E-state index in [-0.39, 0.29) is 0 Å². The number of rotatable bonds is 3. The molecule has 0 radical (unpaired) electrons. The van der Waals surface area contributed by atoms with E-state index in [1.165, 1.54) is 0 Å².